The number of benzene rings is 1. The number of nitrogens with one attached hydrogen (secondary N) is 1. The summed E-state index contributed by atoms with van der Waals surface area (Å²) in [4.78, 5) is 22.8. The lowest BCUT2D eigenvalue weighted by atomic mass is 9.86. The van der Waals surface area contributed by atoms with Crippen LogP contribution in [-0.4, -0.2) is 16.9 Å². The summed E-state index contributed by atoms with van der Waals surface area (Å²) in [5, 5.41) is 13.8. The number of nitrogens with zero attached hydrogens (tertiary/aromatic N) is 1. The zero-order valence-electron chi connectivity index (χ0n) is 12.2. The Morgan fingerprint density at radius 2 is 2.05 bits per heavy atom. The van der Waals surface area contributed by atoms with Crippen molar-refractivity contribution in [2.45, 2.75) is 45.1 Å². The van der Waals surface area contributed by atoms with Crippen molar-refractivity contribution in [1.82, 2.24) is 0 Å². The topological polar surface area (TPSA) is 98.3 Å². The summed E-state index contributed by atoms with van der Waals surface area (Å²) in [6, 6.07) is 5.05. The van der Waals surface area contributed by atoms with Gasteiger partial charge in [0, 0.05) is 29.3 Å². The fraction of sp³-hybridized carbons (Fsp3) is 0.533. The molecule has 0 saturated heterocycles. The van der Waals surface area contributed by atoms with E-state index in [-0.39, 0.29) is 23.6 Å². The molecule has 1 aromatic rings. The third kappa shape index (κ3) is 3.78. The van der Waals surface area contributed by atoms with Crippen LogP contribution >= 0.6 is 0 Å². The molecule has 114 valence electrons. The van der Waals surface area contributed by atoms with Crippen LogP contribution in [0, 0.1) is 16.0 Å². The molecule has 1 aromatic carbocycles. The molecule has 1 saturated carbocycles. The van der Waals surface area contributed by atoms with Crippen molar-refractivity contribution in [1.29, 1.82) is 0 Å². The lowest BCUT2D eigenvalue weighted by Crippen LogP contribution is -2.32. The highest BCUT2D eigenvalue weighted by Crippen LogP contribution is 2.27. The fourth-order valence-corrected chi connectivity index (χ4v) is 2.74. The van der Waals surface area contributed by atoms with Crippen LogP contribution < -0.4 is 11.1 Å². The lowest BCUT2D eigenvalue weighted by Gasteiger charge is -2.25. The van der Waals surface area contributed by atoms with E-state index in [9.17, 15) is 14.9 Å². The number of carbonyl (C=O) groups is 1. The third-order valence-electron chi connectivity index (χ3n) is 4.07. The van der Waals surface area contributed by atoms with E-state index in [4.69, 9.17) is 5.73 Å². The van der Waals surface area contributed by atoms with Crippen LogP contribution in [0.1, 0.15) is 38.2 Å². The second-order valence-electron chi connectivity index (χ2n) is 5.56. The molecule has 1 amide bonds. The first-order valence-electron chi connectivity index (χ1n) is 7.35. The molecule has 0 aliphatic heterocycles. The number of nitro benzene ring substituents is 1. The normalized spacial score (nSPS) is 21.8. The Labute approximate surface area is 123 Å². The van der Waals surface area contributed by atoms with Gasteiger partial charge >= 0.3 is 0 Å². The average molecular weight is 291 g/mol. The molecule has 6 nitrogen and oxygen atoms in total. The monoisotopic (exact) mass is 291 g/mol. The number of nitrogens with two attached hydrogens (primary N) is 1. The van der Waals surface area contributed by atoms with Crippen molar-refractivity contribution < 1.29 is 9.72 Å². The molecular weight excluding hydrogens is 270 g/mol. The van der Waals surface area contributed by atoms with Gasteiger partial charge in [-0.25, -0.2) is 0 Å². The molecule has 0 heterocycles. The molecule has 0 unspecified atom stereocenters. The van der Waals surface area contributed by atoms with Crippen LogP contribution in [0.4, 0.5) is 11.4 Å². The number of amides is 1. The van der Waals surface area contributed by atoms with Gasteiger partial charge in [0.15, 0.2) is 0 Å². The first kappa shape index (κ1) is 15.4. The van der Waals surface area contributed by atoms with Gasteiger partial charge in [0.05, 0.1) is 4.92 Å². The average Bonchev–Trinajstić information content (AvgIpc) is 2.47. The Bertz CT molecular complexity index is 537. The van der Waals surface area contributed by atoms with Gasteiger partial charge in [-0.05, 0) is 38.2 Å². The van der Waals surface area contributed by atoms with Crippen LogP contribution in [0.25, 0.3) is 0 Å². The van der Waals surface area contributed by atoms with Gasteiger partial charge in [-0.15, -0.1) is 0 Å². The second-order valence-corrected chi connectivity index (χ2v) is 5.56. The first-order chi connectivity index (χ1) is 10.0. The maximum Gasteiger partial charge on any atom is 0.274 e. The van der Waals surface area contributed by atoms with E-state index in [1.54, 1.807) is 12.1 Å². The van der Waals surface area contributed by atoms with E-state index in [0.29, 0.717) is 17.7 Å². The summed E-state index contributed by atoms with van der Waals surface area (Å²) in [5.41, 5.74) is 7.04. The second kappa shape index (κ2) is 6.67. The van der Waals surface area contributed by atoms with Crippen LogP contribution in [0.15, 0.2) is 18.2 Å². The number of aryl methyl sites for hydroxylation is 1. The number of nitro groups is 1. The number of hydrogen-bond acceptors (Lipinski definition) is 4. The molecular formula is C15H21N3O3. The molecule has 0 atom stereocenters. The molecule has 1 aliphatic rings. The van der Waals surface area contributed by atoms with Crippen molar-refractivity contribution in [2.75, 3.05) is 5.32 Å². The predicted octanol–water partition coefficient (Wildman–Crippen LogP) is 2.61. The van der Waals surface area contributed by atoms with Gasteiger partial charge in [-0.2, -0.15) is 0 Å². The summed E-state index contributed by atoms with van der Waals surface area (Å²) in [5.74, 6) is -0.116. The molecule has 1 aliphatic carbocycles. The van der Waals surface area contributed by atoms with Crippen LogP contribution in [0.2, 0.25) is 0 Å². The van der Waals surface area contributed by atoms with Gasteiger partial charge < -0.3 is 11.1 Å². The van der Waals surface area contributed by atoms with Crippen molar-refractivity contribution >= 4 is 17.3 Å². The number of anilines is 1. The molecule has 21 heavy (non-hydrogen) atoms. The Morgan fingerprint density at radius 1 is 1.38 bits per heavy atom. The minimum Gasteiger partial charge on any atom is -0.328 e. The summed E-state index contributed by atoms with van der Waals surface area (Å²) in [6.07, 6.45) is 3.86. The van der Waals surface area contributed by atoms with Crippen LogP contribution in [0.5, 0.6) is 0 Å². The molecule has 1 fully saturated rings. The molecule has 0 spiro atoms. The Hall–Kier alpha value is -1.95. The zero-order chi connectivity index (χ0) is 15.4. The largest absolute Gasteiger partial charge is 0.328 e. The highest BCUT2D eigenvalue weighted by molar-refractivity contribution is 5.93. The number of hydrogen-bond donors (Lipinski definition) is 2. The van der Waals surface area contributed by atoms with E-state index >= 15 is 0 Å². The zero-order valence-corrected chi connectivity index (χ0v) is 12.2. The van der Waals surface area contributed by atoms with E-state index in [2.05, 4.69) is 5.32 Å². The summed E-state index contributed by atoms with van der Waals surface area (Å²) >= 11 is 0. The minimum absolute atomic E-state index is 0.0466. The van der Waals surface area contributed by atoms with Crippen molar-refractivity contribution in [3.8, 4) is 0 Å². The minimum atomic E-state index is -0.409. The van der Waals surface area contributed by atoms with E-state index in [1.165, 1.54) is 6.07 Å². The highest BCUT2D eigenvalue weighted by atomic mass is 16.6. The molecule has 6 heteroatoms. The molecule has 3 N–H and O–H groups in total. The summed E-state index contributed by atoms with van der Waals surface area (Å²) in [7, 11) is 0. The Kier molecular flexibility index (Phi) is 4.90. The maximum atomic E-state index is 12.2. The summed E-state index contributed by atoms with van der Waals surface area (Å²) < 4.78 is 0. The standard InChI is InChI=1S/C15H21N3O3/c1-2-10-5-8-13(9-14(10)18(20)21)17-15(19)11-3-6-12(16)7-4-11/h5,8-9,11-12H,2-4,6-7,16H2,1H3,(H,17,19). The summed E-state index contributed by atoms with van der Waals surface area (Å²) in [6.45, 7) is 1.87. The number of rotatable bonds is 4. The van der Waals surface area contributed by atoms with Crippen molar-refractivity contribution in [3.63, 3.8) is 0 Å². The smallest absolute Gasteiger partial charge is 0.274 e. The Morgan fingerprint density at radius 3 is 2.62 bits per heavy atom. The number of carbonyl (C=O) groups excluding carboxylic acids is 1. The van der Waals surface area contributed by atoms with E-state index in [1.807, 2.05) is 6.92 Å². The van der Waals surface area contributed by atoms with Gasteiger partial charge in [0.2, 0.25) is 5.91 Å². The first-order valence-corrected chi connectivity index (χ1v) is 7.35. The Balaban J connectivity index is 2.07. The predicted molar refractivity (Wildman–Crippen MR) is 81.0 cm³/mol. The van der Waals surface area contributed by atoms with Crippen LogP contribution in [-0.2, 0) is 11.2 Å². The van der Waals surface area contributed by atoms with E-state index in [0.717, 1.165) is 25.7 Å². The van der Waals surface area contributed by atoms with Crippen molar-refractivity contribution in [3.05, 3.63) is 33.9 Å². The molecule has 0 aromatic heterocycles. The lowest BCUT2D eigenvalue weighted by molar-refractivity contribution is -0.385. The quantitative estimate of drug-likeness (QED) is 0.658. The molecule has 2 rings (SSSR count). The van der Waals surface area contributed by atoms with Gasteiger partial charge in [0.25, 0.3) is 5.69 Å². The van der Waals surface area contributed by atoms with E-state index < -0.39 is 4.92 Å². The highest BCUT2D eigenvalue weighted by Gasteiger charge is 2.25. The molecule has 0 radical (unpaired) electrons. The third-order valence-corrected chi connectivity index (χ3v) is 4.07. The van der Waals surface area contributed by atoms with Gasteiger partial charge in [-0.3, -0.25) is 14.9 Å². The van der Waals surface area contributed by atoms with Gasteiger partial charge in [-0.1, -0.05) is 13.0 Å². The molecule has 0 bridgehead atoms. The maximum absolute atomic E-state index is 12.2. The van der Waals surface area contributed by atoms with Crippen molar-refractivity contribution in [2.24, 2.45) is 11.7 Å². The SMILES string of the molecule is CCc1ccc(NC(=O)C2CCC(N)CC2)cc1[N+](=O)[O-]. The van der Waals surface area contributed by atoms with Gasteiger partial charge in [0.1, 0.15) is 0 Å². The fourth-order valence-electron chi connectivity index (χ4n) is 2.74. The van der Waals surface area contributed by atoms with Crippen LogP contribution in [0.3, 0.4) is 0 Å².